The molecule has 3 aromatic rings. The lowest BCUT2D eigenvalue weighted by Crippen LogP contribution is -2.01. The number of nitrogens with two attached hydrogens (primary N) is 1. The fourth-order valence-electron chi connectivity index (χ4n) is 1.88. The van der Waals surface area contributed by atoms with Crippen molar-refractivity contribution in [3.8, 4) is 0 Å². The van der Waals surface area contributed by atoms with E-state index in [2.05, 4.69) is 4.98 Å². The Kier molecular flexibility index (Phi) is 2.97. The number of carbonyl (C=O) groups excluding carboxylic acids is 1. The van der Waals surface area contributed by atoms with E-state index in [1.807, 2.05) is 0 Å². The zero-order valence-electron chi connectivity index (χ0n) is 9.76. The van der Waals surface area contributed by atoms with Crippen LogP contribution in [0.15, 0.2) is 42.5 Å². The zero-order valence-corrected chi connectivity index (χ0v) is 11.3. The summed E-state index contributed by atoms with van der Waals surface area (Å²) in [5.74, 6) is -0.0977. The first-order chi connectivity index (χ1) is 9.15. The van der Waals surface area contributed by atoms with Gasteiger partial charge in [0.1, 0.15) is 0 Å². The minimum Gasteiger partial charge on any atom is -0.375 e. The van der Waals surface area contributed by atoms with Crippen LogP contribution in [0.3, 0.4) is 0 Å². The number of aromatic nitrogens is 1. The number of hydrogen-bond acceptors (Lipinski definition) is 4. The number of hydrogen-bond donors (Lipinski definition) is 1. The predicted octanol–water partition coefficient (Wildman–Crippen LogP) is 3.76. The fraction of sp³-hybridized carbons (Fsp3) is 0. The number of ketones is 1. The number of fused-ring (bicyclic) bond motifs is 1. The highest BCUT2D eigenvalue weighted by Crippen LogP contribution is 2.26. The van der Waals surface area contributed by atoms with Crippen molar-refractivity contribution in [1.82, 2.24) is 4.98 Å². The average molecular weight is 289 g/mol. The molecule has 0 saturated heterocycles. The Labute approximate surface area is 118 Å². The van der Waals surface area contributed by atoms with Crippen LogP contribution in [0.2, 0.25) is 5.02 Å². The Bertz CT molecular complexity index is 782. The second-order valence-corrected chi connectivity index (χ2v) is 5.51. The van der Waals surface area contributed by atoms with E-state index in [9.17, 15) is 4.79 Å². The molecule has 0 atom stereocenters. The summed E-state index contributed by atoms with van der Waals surface area (Å²) in [4.78, 5) is 16.5. The van der Waals surface area contributed by atoms with Crippen molar-refractivity contribution in [3.63, 3.8) is 0 Å². The van der Waals surface area contributed by atoms with Crippen molar-refractivity contribution in [2.75, 3.05) is 5.73 Å². The SMILES string of the molecule is Nc1nc2ccc(C(=O)c3ccccc3Cl)cc2s1. The monoisotopic (exact) mass is 288 g/mol. The summed E-state index contributed by atoms with van der Waals surface area (Å²) in [5.41, 5.74) is 7.55. The van der Waals surface area contributed by atoms with Gasteiger partial charge in [-0.2, -0.15) is 0 Å². The molecule has 0 saturated carbocycles. The third kappa shape index (κ3) is 2.20. The maximum absolute atomic E-state index is 12.4. The molecule has 0 aliphatic rings. The lowest BCUT2D eigenvalue weighted by atomic mass is 10.0. The third-order valence-electron chi connectivity index (χ3n) is 2.79. The summed E-state index contributed by atoms with van der Waals surface area (Å²) in [7, 11) is 0. The summed E-state index contributed by atoms with van der Waals surface area (Å²) >= 11 is 7.41. The summed E-state index contributed by atoms with van der Waals surface area (Å²) < 4.78 is 0.899. The van der Waals surface area contributed by atoms with Gasteiger partial charge in [0, 0.05) is 11.1 Å². The number of halogens is 1. The van der Waals surface area contributed by atoms with Crippen LogP contribution in [0.1, 0.15) is 15.9 Å². The smallest absolute Gasteiger partial charge is 0.194 e. The van der Waals surface area contributed by atoms with Crippen molar-refractivity contribution in [2.24, 2.45) is 0 Å². The van der Waals surface area contributed by atoms with Gasteiger partial charge in [-0.05, 0) is 30.3 Å². The first kappa shape index (κ1) is 12.1. The fourth-order valence-corrected chi connectivity index (χ4v) is 2.88. The molecule has 3 rings (SSSR count). The molecule has 1 heterocycles. The van der Waals surface area contributed by atoms with E-state index < -0.39 is 0 Å². The van der Waals surface area contributed by atoms with Crippen molar-refractivity contribution < 1.29 is 4.79 Å². The molecule has 0 unspecified atom stereocenters. The topological polar surface area (TPSA) is 56.0 Å². The molecule has 0 radical (unpaired) electrons. The molecule has 0 aliphatic heterocycles. The summed E-state index contributed by atoms with van der Waals surface area (Å²) in [6.07, 6.45) is 0. The summed E-state index contributed by atoms with van der Waals surface area (Å²) in [5, 5.41) is 0.953. The molecule has 3 nitrogen and oxygen atoms in total. The van der Waals surface area contributed by atoms with E-state index in [1.165, 1.54) is 11.3 Å². The largest absolute Gasteiger partial charge is 0.375 e. The Morgan fingerprint density at radius 3 is 2.79 bits per heavy atom. The molecular weight excluding hydrogens is 280 g/mol. The van der Waals surface area contributed by atoms with Gasteiger partial charge in [0.2, 0.25) is 0 Å². The van der Waals surface area contributed by atoms with E-state index in [4.69, 9.17) is 17.3 Å². The zero-order chi connectivity index (χ0) is 13.4. The Morgan fingerprint density at radius 2 is 2.00 bits per heavy atom. The molecular formula is C14H9ClN2OS. The number of nitrogens with zero attached hydrogens (tertiary/aromatic N) is 1. The Morgan fingerprint density at radius 1 is 1.21 bits per heavy atom. The molecule has 94 valence electrons. The molecule has 0 spiro atoms. The van der Waals surface area contributed by atoms with Gasteiger partial charge in [-0.3, -0.25) is 4.79 Å². The van der Waals surface area contributed by atoms with Gasteiger partial charge in [-0.15, -0.1) is 0 Å². The van der Waals surface area contributed by atoms with Crippen molar-refractivity contribution in [1.29, 1.82) is 0 Å². The maximum Gasteiger partial charge on any atom is 0.194 e. The van der Waals surface area contributed by atoms with Crippen LogP contribution < -0.4 is 5.73 Å². The highest BCUT2D eigenvalue weighted by molar-refractivity contribution is 7.22. The average Bonchev–Trinajstić information content (AvgIpc) is 2.77. The number of benzene rings is 2. The molecule has 19 heavy (non-hydrogen) atoms. The first-order valence-corrected chi connectivity index (χ1v) is 6.80. The van der Waals surface area contributed by atoms with Crippen molar-refractivity contribution in [2.45, 2.75) is 0 Å². The second kappa shape index (κ2) is 4.64. The van der Waals surface area contributed by atoms with E-state index in [0.717, 1.165) is 10.2 Å². The van der Waals surface area contributed by atoms with E-state index in [0.29, 0.717) is 21.3 Å². The molecule has 1 aromatic heterocycles. The van der Waals surface area contributed by atoms with Gasteiger partial charge < -0.3 is 5.73 Å². The van der Waals surface area contributed by atoms with Crippen molar-refractivity contribution >= 4 is 44.1 Å². The summed E-state index contributed by atoms with van der Waals surface area (Å²) in [6, 6.07) is 12.4. The van der Waals surface area contributed by atoms with Crippen molar-refractivity contribution in [3.05, 3.63) is 58.6 Å². The predicted molar refractivity (Wildman–Crippen MR) is 78.9 cm³/mol. The van der Waals surface area contributed by atoms with Crippen LogP contribution in [0.4, 0.5) is 5.13 Å². The number of nitrogen functional groups attached to an aromatic ring is 1. The van der Waals surface area contributed by atoms with Gasteiger partial charge in [-0.1, -0.05) is 35.1 Å². The molecule has 0 aliphatic carbocycles. The highest BCUT2D eigenvalue weighted by atomic mass is 35.5. The third-order valence-corrected chi connectivity index (χ3v) is 3.96. The lowest BCUT2D eigenvalue weighted by Gasteiger charge is -2.03. The molecule has 2 N–H and O–H groups in total. The molecule has 0 amide bonds. The van der Waals surface area contributed by atoms with Gasteiger partial charge in [-0.25, -0.2) is 4.98 Å². The van der Waals surface area contributed by atoms with Crippen LogP contribution >= 0.6 is 22.9 Å². The van der Waals surface area contributed by atoms with Gasteiger partial charge in [0.15, 0.2) is 10.9 Å². The van der Waals surface area contributed by atoms with E-state index in [-0.39, 0.29) is 5.78 Å². The van der Waals surface area contributed by atoms with Gasteiger partial charge in [0.25, 0.3) is 0 Å². The highest BCUT2D eigenvalue weighted by Gasteiger charge is 2.13. The number of anilines is 1. The van der Waals surface area contributed by atoms with Gasteiger partial charge >= 0.3 is 0 Å². The second-order valence-electron chi connectivity index (χ2n) is 4.04. The standard InChI is InChI=1S/C14H9ClN2OS/c15-10-4-2-1-3-9(10)13(18)8-5-6-11-12(7-8)19-14(16)17-11/h1-7H,(H2,16,17). The summed E-state index contributed by atoms with van der Waals surface area (Å²) in [6.45, 7) is 0. The number of carbonyl (C=O) groups is 1. The van der Waals surface area contributed by atoms with E-state index in [1.54, 1.807) is 42.5 Å². The Balaban J connectivity index is 2.09. The lowest BCUT2D eigenvalue weighted by molar-refractivity contribution is 0.103. The van der Waals surface area contributed by atoms with Crippen LogP contribution in [0.5, 0.6) is 0 Å². The first-order valence-electron chi connectivity index (χ1n) is 5.60. The quantitative estimate of drug-likeness (QED) is 0.730. The maximum atomic E-state index is 12.4. The van der Waals surface area contributed by atoms with Crippen LogP contribution in [-0.4, -0.2) is 10.8 Å². The molecule has 5 heteroatoms. The number of rotatable bonds is 2. The minimum atomic E-state index is -0.0977. The molecule has 2 aromatic carbocycles. The van der Waals surface area contributed by atoms with Crippen LogP contribution in [0, 0.1) is 0 Å². The molecule has 0 fully saturated rings. The van der Waals surface area contributed by atoms with Crippen LogP contribution in [0.25, 0.3) is 10.2 Å². The normalized spacial score (nSPS) is 10.8. The van der Waals surface area contributed by atoms with E-state index >= 15 is 0 Å². The van der Waals surface area contributed by atoms with Gasteiger partial charge in [0.05, 0.1) is 15.2 Å². The number of thiazole rings is 1. The van der Waals surface area contributed by atoms with Crippen LogP contribution in [-0.2, 0) is 0 Å². The molecule has 0 bridgehead atoms. The Hall–Kier alpha value is -1.91. The minimum absolute atomic E-state index is 0.0977.